The molecule has 2 fully saturated rings. The zero-order valence-electron chi connectivity index (χ0n) is 16.6. The molecule has 3 heterocycles. The number of hydrogen-bond donors (Lipinski definition) is 1. The van der Waals surface area contributed by atoms with E-state index in [4.69, 9.17) is 9.15 Å². The largest absolute Gasteiger partial charge is 0.467 e. The summed E-state index contributed by atoms with van der Waals surface area (Å²) in [7, 11) is -3.68. The third-order valence-electron chi connectivity index (χ3n) is 5.19. The van der Waals surface area contributed by atoms with E-state index in [-0.39, 0.29) is 38.7 Å². The van der Waals surface area contributed by atoms with E-state index in [1.165, 1.54) is 19.8 Å². The molecule has 2 amide bonds. The maximum Gasteiger partial charge on any atom is 0.409 e. The number of carbonyl (C=O) groups excluding carboxylic acids is 2. The van der Waals surface area contributed by atoms with Crippen molar-refractivity contribution in [3.63, 3.8) is 0 Å². The molecule has 2 aliphatic rings. The molecule has 10 nitrogen and oxygen atoms in total. The SMILES string of the molecule is CCOC(=O)N1CCN(S(=O)(=O)N2CCCC(C(=O)NCc3ccco3)C2)CC1. The van der Waals surface area contributed by atoms with Crippen molar-refractivity contribution in [3.8, 4) is 0 Å². The molecular weight excluding hydrogens is 400 g/mol. The van der Waals surface area contributed by atoms with Crippen molar-refractivity contribution in [2.75, 3.05) is 45.9 Å². The van der Waals surface area contributed by atoms with Crippen LogP contribution in [0.1, 0.15) is 25.5 Å². The van der Waals surface area contributed by atoms with Crippen molar-refractivity contribution in [1.29, 1.82) is 0 Å². The topological polar surface area (TPSA) is 112 Å². The highest BCUT2D eigenvalue weighted by Gasteiger charge is 2.37. The highest BCUT2D eigenvalue weighted by Crippen LogP contribution is 2.22. The van der Waals surface area contributed by atoms with E-state index in [2.05, 4.69) is 5.32 Å². The van der Waals surface area contributed by atoms with Gasteiger partial charge in [-0.15, -0.1) is 0 Å². The van der Waals surface area contributed by atoms with Gasteiger partial charge in [0.25, 0.3) is 10.2 Å². The van der Waals surface area contributed by atoms with Crippen LogP contribution in [0.4, 0.5) is 4.79 Å². The first-order valence-corrected chi connectivity index (χ1v) is 11.3. The molecule has 2 saturated heterocycles. The highest BCUT2D eigenvalue weighted by atomic mass is 32.2. The van der Waals surface area contributed by atoms with Crippen LogP contribution < -0.4 is 5.32 Å². The first-order chi connectivity index (χ1) is 13.9. The maximum absolute atomic E-state index is 13.0. The van der Waals surface area contributed by atoms with E-state index >= 15 is 0 Å². The number of nitrogens with one attached hydrogen (secondary N) is 1. The van der Waals surface area contributed by atoms with Gasteiger partial charge in [0.1, 0.15) is 5.76 Å². The van der Waals surface area contributed by atoms with Crippen molar-refractivity contribution in [2.45, 2.75) is 26.3 Å². The molecule has 0 aromatic carbocycles. The summed E-state index contributed by atoms with van der Waals surface area (Å²) >= 11 is 0. The quantitative estimate of drug-likeness (QED) is 0.711. The fourth-order valence-electron chi connectivity index (χ4n) is 3.58. The summed E-state index contributed by atoms with van der Waals surface area (Å²) in [5.41, 5.74) is 0. The number of hydrogen-bond acceptors (Lipinski definition) is 6. The third-order valence-corrected chi connectivity index (χ3v) is 7.19. The lowest BCUT2D eigenvalue weighted by Gasteiger charge is -2.38. The molecule has 0 radical (unpaired) electrons. The average molecular weight is 429 g/mol. The number of nitrogens with zero attached hydrogens (tertiary/aromatic N) is 3. The molecule has 1 aromatic heterocycles. The Morgan fingerprint density at radius 1 is 1.21 bits per heavy atom. The minimum Gasteiger partial charge on any atom is -0.467 e. The first-order valence-electron chi connectivity index (χ1n) is 9.89. The number of furan rings is 1. The van der Waals surface area contributed by atoms with Gasteiger partial charge in [-0.05, 0) is 31.9 Å². The second-order valence-corrected chi connectivity index (χ2v) is 9.02. The molecule has 1 atom stereocenters. The Morgan fingerprint density at radius 2 is 1.97 bits per heavy atom. The number of ether oxygens (including phenoxy) is 1. The summed E-state index contributed by atoms with van der Waals surface area (Å²) in [5, 5.41) is 2.81. The van der Waals surface area contributed by atoms with Gasteiger partial charge in [0.2, 0.25) is 5.91 Å². The fraction of sp³-hybridized carbons (Fsp3) is 0.667. The number of amides is 2. The van der Waals surface area contributed by atoms with E-state index in [1.807, 2.05) is 0 Å². The third kappa shape index (κ3) is 5.28. The Labute approximate surface area is 170 Å². The lowest BCUT2D eigenvalue weighted by Crippen LogP contribution is -2.56. The van der Waals surface area contributed by atoms with Crippen LogP contribution in [0, 0.1) is 5.92 Å². The van der Waals surface area contributed by atoms with Gasteiger partial charge < -0.3 is 19.4 Å². The van der Waals surface area contributed by atoms with Gasteiger partial charge in [0, 0.05) is 39.3 Å². The van der Waals surface area contributed by atoms with Crippen molar-refractivity contribution in [3.05, 3.63) is 24.2 Å². The first kappa shape index (κ1) is 21.6. The summed E-state index contributed by atoms with van der Waals surface area (Å²) in [4.78, 5) is 25.8. The predicted molar refractivity (Wildman–Crippen MR) is 104 cm³/mol. The number of carbonyl (C=O) groups is 2. The van der Waals surface area contributed by atoms with Crippen LogP contribution in [0.25, 0.3) is 0 Å². The second kappa shape index (κ2) is 9.59. The van der Waals surface area contributed by atoms with E-state index in [9.17, 15) is 18.0 Å². The van der Waals surface area contributed by atoms with E-state index in [1.54, 1.807) is 19.1 Å². The second-order valence-electron chi connectivity index (χ2n) is 7.09. The molecule has 11 heteroatoms. The molecule has 0 bridgehead atoms. The monoisotopic (exact) mass is 428 g/mol. The Balaban J connectivity index is 1.53. The van der Waals surface area contributed by atoms with Crippen LogP contribution >= 0.6 is 0 Å². The Bertz CT molecular complexity index is 789. The van der Waals surface area contributed by atoms with Crippen LogP contribution in [0.3, 0.4) is 0 Å². The maximum atomic E-state index is 13.0. The van der Waals surface area contributed by atoms with Gasteiger partial charge >= 0.3 is 6.09 Å². The number of piperidine rings is 1. The van der Waals surface area contributed by atoms with Crippen LogP contribution in [-0.2, 0) is 26.3 Å². The van der Waals surface area contributed by atoms with E-state index in [0.717, 1.165) is 0 Å². The number of rotatable bonds is 6. The summed E-state index contributed by atoms with van der Waals surface area (Å²) < 4.78 is 39.0. The molecular formula is C18H28N4O6S. The molecule has 29 heavy (non-hydrogen) atoms. The van der Waals surface area contributed by atoms with Crippen molar-refractivity contribution < 1.29 is 27.2 Å². The summed E-state index contributed by atoms with van der Waals surface area (Å²) in [5.74, 6) is 0.0841. The minimum absolute atomic E-state index is 0.157. The zero-order chi connectivity index (χ0) is 20.9. The molecule has 0 aliphatic carbocycles. The summed E-state index contributed by atoms with van der Waals surface area (Å²) in [6, 6.07) is 3.52. The smallest absolute Gasteiger partial charge is 0.409 e. The molecule has 3 rings (SSSR count). The van der Waals surface area contributed by atoms with Gasteiger partial charge in [-0.1, -0.05) is 0 Å². The van der Waals surface area contributed by atoms with E-state index < -0.39 is 22.2 Å². The molecule has 1 N–H and O–H groups in total. The highest BCUT2D eigenvalue weighted by molar-refractivity contribution is 7.86. The standard InChI is InChI=1S/C18H28N4O6S/c1-2-27-18(24)20-8-10-21(11-9-20)29(25,26)22-7-3-5-15(14-22)17(23)19-13-16-6-4-12-28-16/h4,6,12,15H,2-3,5,7-11,13-14H2,1H3,(H,19,23). The zero-order valence-corrected chi connectivity index (χ0v) is 17.4. The van der Waals surface area contributed by atoms with E-state index in [0.29, 0.717) is 38.2 Å². The molecule has 1 aromatic rings. The minimum atomic E-state index is -3.68. The fourth-order valence-corrected chi connectivity index (χ4v) is 5.26. The lowest BCUT2D eigenvalue weighted by atomic mass is 9.99. The lowest BCUT2D eigenvalue weighted by molar-refractivity contribution is -0.126. The van der Waals surface area contributed by atoms with Crippen LogP contribution in [0.5, 0.6) is 0 Å². The van der Waals surface area contributed by atoms with Gasteiger partial charge in [-0.2, -0.15) is 17.0 Å². The van der Waals surface area contributed by atoms with Crippen molar-refractivity contribution >= 4 is 22.2 Å². The molecule has 162 valence electrons. The van der Waals surface area contributed by atoms with Gasteiger partial charge in [-0.3, -0.25) is 4.79 Å². The Morgan fingerprint density at radius 3 is 2.62 bits per heavy atom. The number of piperazine rings is 1. The van der Waals surface area contributed by atoms with Crippen LogP contribution in [-0.4, -0.2) is 79.8 Å². The molecule has 2 aliphatic heterocycles. The van der Waals surface area contributed by atoms with Gasteiger partial charge in [0.15, 0.2) is 0 Å². The van der Waals surface area contributed by atoms with Gasteiger partial charge in [-0.25, -0.2) is 4.79 Å². The van der Waals surface area contributed by atoms with Crippen LogP contribution in [0.2, 0.25) is 0 Å². The Kier molecular flexibility index (Phi) is 7.14. The molecule has 1 unspecified atom stereocenters. The summed E-state index contributed by atoms with van der Waals surface area (Å²) in [6.07, 6.45) is 2.39. The molecule has 0 saturated carbocycles. The Hall–Kier alpha value is -2.11. The van der Waals surface area contributed by atoms with Gasteiger partial charge in [0.05, 0.1) is 25.3 Å². The molecule has 0 spiro atoms. The van der Waals surface area contributed by atoms with Crippen molar-refractivity contribution in [1.82, 2.24) is 18.8 Å². The predicted octanol–water partition coefficient (Wildman–Crippen LogP) is 0.627. The normalized spacial score (nSPS) is 21.7. The summed E-state index contributed by atoms with van der Waals surface area (Å²) in [6.45, 7) is 3.86. The van der Waals surface area contributed by atoms with Crippen LogP contribution in [0.15, 0.2) is 22.8 Å². The van der Waals surface area contributed by atoms with Crippen molar-refractivity contribution in [2.24, 2.45) is 5.92 Å². The average Bonchev–Trinajstić information content (AvgIpc) is 3.26.